The highest BCUT2D eigenvalue weighted by molar-refractivity contribution is 5.07. The molecule has 0 amide bonds. The smallest absolute Gasteiger partial charge is 0.0655 e. The maximum atomic E-state index is 5.77. The molecule has 1 fully saturated rings. The number of ether oxygens (including phenoxy) is 1. The van der Waals surface area contributed by atoms with Gasteiger partial charge in [-0.15, -0.1) is 0 Å². The molecule has 2 unspecified atom stereocenters. The van der Waals surface area contributed by atoms with Crippen LogP contribution in [0.4, 0.5) is 0 Å². The molecule has 2 aliphatic rings. The fourth-order valence-corrected chi connectivity index (χ4v) is 3.25. The number of nitrogens with one attached hydrogen (secondary N) is 1. The number of hydrogen-bond acceptors (Lipinski definition) is 2. The van der Waals surface area contributed by atoms with E-state index in [-0.39, 0.29) is 0 Å². The Morgan fingerprint density at radius 2 is 2.22 bits per heavy atom. The summed E-state index contributed by atoms with van der Waals surface area (Å²) < 4.78 is 5.77. The number of hydrogen-bond donors (Lipinski definition) is 1. The van der Waals surface area contributed by atoms with Gasteiger partial charge in [-0.2, -0.15) is 0 Å². The first-order valence-electron chi connectivity index (χ1n) is 7.67. The number of rotatable bonds is 6. The quantitative estimate of drug-likeness (QED) is 0.727. The topological polar surface area (TPSA) is 21.3 Å². The standard InChI is InChI=1S/C16H29NO/c1-4-18-15-12-14(16(15,2)3)17-11-10-13-8-6-5-7-9-13/h8,14-15,17H,4-7,9-12H2,1-3H3. The van der Waals surface area contributed by atoms with Gasteiger partial charge in [-0.3, -0.25) is 0 Å². The molecular formula is C16H29NO. The van der Waals surface area contributed by atoms with Crippen LogP contribution in [-0.4, -0.2) is 25.3 Å². The summed E-state index contributed by atoms with van der Waals surface area (Å²) in [5.41, 5.74) is 1.98. The first-order chi connectivity index (χ1) is 8.64. The zero-order valence-corrected chi connectivity index (χ0v) is 12.3. The van der Waals surface area contributed by atoms with E-state index >= 15 is 0 Å². The Bertz CT molecular complexity index is 295. The van der Waals surface area contributed by atoms with Crippen molar-refractivity contribution in [1.29, 1.82) is 0 Å². The average Bonchev–Trinajstić information content (AvgIpc) is 2.38. The average molecular weight is 251 g/mol. The van der Waals surface area contributed by atoms with E-state index in [0.717, 1.165) is 13.2 Å². The molecule has 2 nitrogen and oxygen atoms in total. The van der Waals surface area contributed by atoms with Crippen LogP contribution < -0.4 is 5.32 Å². The summed E-state index contributed by atoms with van der Waals surface area (Å²) in [4.78, 5) is 0. The lowest BCUT2D eigenvalue weighted by Crippen LogP contribution is -2.61. The Balaban J connectivity index is 1.67. The van der Waals surface area contributed by atoms with Crippen LogP contribution in [0.5, 0.6) is 0 Å². The molecule has 0 aromatic carbocycles. The van der Waals surface area contributed by atoms with Gasteiger partial charge in [-0.05, 0) is 52.0 Å². The summed E-state index contributed by atoms with van der Waals surface area (Å²) in [7, 11) is 0. The largest absolute Gasteiger partial charge is 0.378 e. The Morgan fingerprint density at radius 1 is 1.39 bits per heavy atom. The van der Waals surface area contributed by atoms with E-state index < -0.39 is 0 Å². The molecule has 0 aliphatic heterocycles. The van der Waals surface area contributed by atoms with Crippen molar-refractivity contribution in [2.45, 2.75) is 71.4 Å². The van der Waals surface area contributed by atoms with Crippen molar-refractivity contribution in [3.63, 3.8) is 0 Å². The van der Waals surface area contributed by atoms with Crippen LogP contribution in [0.25, 0.3) is 0 Å². The summed E-state index contributed by atoms with van der Waals surface area (Å²) in [6, 6.07) is 0.637. The fraction of sp³-hybridized carbons (Fsp3) is 0.875. The van der Waals surface area contributed by atoms with Crippen molar-refractivity contribution in [3.8, 4) is 0 Å². The lowest BCUT2D eigenvalue weighted by atomic mass is 9.64. The normalized spacial score (nSPS) is 30.7. The van der Waals surface area contributed by atoms with Crippen molar-refractivity contribution in [2.75, 3.05) is 13.2 Å². The molecular weight excluding hydrogens is 222 g/mol. The third kappa shape index (κ3) is 3.16. The monoisotopic (exact) mass is 251 g/mol. The maximum absolute atomic E-state index is 5.77. The molecule has 0 saturated heterocycles. The van der Waals surface area contributed by atoms with Gasteiger partial charge in [0.2, 0.25) is 0 Å². The van der Waals surface area contributed by atoms with Crippen LogP contribution in [0.3, 0.4) is 0 Å². The van der Waals surface area contributed by atoms with Crippen LogP contribution in [0, 0.1) is 5.41 Å². The second-order valence-electron chi connectivity index (χ2n) is 6.37. The van der Waals surface area contributed by atoms with Gasteiger partial charge in [0.1, 0.15) is 0 Å². The summed E-state index contributed by atoms with van der Waals surface area (Å²) in [5, 5.41) is 3.72. The molecule has 2 heteroatoms. The highest BCUT2D eigenvalue weighted by Gasteiger charge is 2.48. The second kappa shape index (κ2) is 6.21. The minimum Gasteiger partial charge on any atom is -0.378 e. The van der Waals surface area contributed by atoms with Gasteiger partial charge in [0.25, 0.3) is 0 Å². The molecule has 0 radical (unpaired) electrons. The van der Waals surface area contributed by atoms with Crippen LogP contribution in [0.1, 0.15) is 59.3 Å². The fourth-order valence-electron chi connectivity index (χ4n) is 3.25. The molecule has 0 bridgehead atoms. The third-order valence-electron chi connectivity index (χ3n) is 4.77. The minimum absolute atomic E-state index is 0.303. The maximum Gasteiger partial charge on any atom is 0.0655 e. The summed E-state index contributed by atoms with van der Waals surface area (Å²) in [6.45, 7) is 8.72. The van der Waals surface area contributed by atoms with Crippen LogP contribution in [-0.2, 0) is 4.74 Å². The van der Waals surface area contributed by atoms with E-state index in [1.165, 1.54) is 38.5 Å². The lowest BCUT2D eigenvalue weighted by Gasteiger charge is -2.52. The van der Waals surface area contributed by atoms with E-state index in [2.05, 4.69) is 32.2 Å². The third-order valence-corrected chi connectivity index (χ3v) is 4.77. The molecule has 0 heterocycles. The Morgan fingerprint density at radius 3 is 2.83 bits per heavy atom. The highest BCUT2D eigenvalue weighted by atomic mass is 16.5. The van der Waals surface area contributed by atoms with Crippen LogP contribution in [0.2, 0.25) is 0 Å². The van der Waals surface area contributed by atoms with Crippen molar-refractivity contribution in [2.24, 2.45) is 5.41 Å². The van der Waals surface area contributed by atoms with E-state index in [4.69, 9.17) is 4.74 Å². The molecule has 0 aromatic rings. The minimum atomic E-state index is 0.303. The van der Waals surface area contributed by atoms with Gasteiger partial charge in [0.15, 0.2) is 0 Å². The molecule has 0 spiro atoms. The van der Waals surface area contributed by atoms with Gasteiger partial charge < -0.3 is 10.1 Å². The van der Waals surface area contributed by atoms with Gasteiger partial charge in [0.05, 0.1) is 6.10 Å². The molecule has 2 aliphatic carbocycles. The summed E-state index contributed by atoms with van der Waals surface area (Å²) in [6.07, 6.45) is 10.8. The Labute approximate surface area is 112 Å². The van der Waals surface area contributed by atoms with Gasteiger partial charge in [-0.1, -0.05) is 25.5 Å². The van der Waals surface area contributed by atoms with Gasteiger partial charge in [-0.25, -0.2) is 0 Å². The van der Waals surface area contributed by atoms with Crippen molar-refractivity contribution in [1.82, 2.24) is 5.32 Å². The van der Waals surface area contributed by atoms with E-state index in [0.29, 0.717) is 17.6 Å². The van der Waals surface area contributed by atoms with E-state index in [1.807, 2.05) is 0 Å². The second-order valence-corrected chi connectivity index (χ2v) is 6.37. The van der Waals surface area contributed by atoms with Gasteiger partial charge in [0, 0.05) is 18.1 Å². The SMILES string of the molecule is CCOC1CC(NCCC2=CCCCC2)C1(C)C. The number of allylic oxidation sites excluding steroid dienone is 1. The first kappa shape index (κ1) is 14.1. The predicted molar refractivity (Wildman–Crippen MR) is 76.8 cm³/mol. The molecule has 104 valence electrons. The Kier molecular flexibility index (Phi) is 4.85. The van der Waals surface area contributed by atoms with Crippen molar-refractivity contribution in [3.05, 3.63) is 11.6 Å². The molecule has 18 heavy (non-hydrogen) atoms. The highest BCUT2D eigenvalue weighted by Crippen LogP contribution is 2.42. The zero-order valence-electron chi connectivity index (χ0n) is 12.3. The predicted octanol–water partition coefficient (Wildman–Crippen LogP) is 3.67. The molecule has 1 saturated carbocycles. The van der Waals surface area contributed by atoms with E-state index in [1.54, 1.807) is 5.57 Å². The van der Waals surface area contributed by atoms with Crippen molar-refractivity contribution >= 4 is 0 Å². The molecule has 0 aromatic heterocycles. The van der Waals surface area contributed by atoms with Crippen LogP contribution in [0.15, 0.2) is 11.6 Å². The van der Waals surface area contributed by atoms with Crippen LogP contribution >= 0.6 is 0 Å². The molecule has 1 N–H and O–H groups in total. The summed E-state index contributed by atoms with van der Waals surface area (Å²) >= 11 is 0. The Hall–Kier alpha value is -0.340. The first-order valence-corrected chi connectivity index (χ1v) is 7.67. The summed E-state index contributed by atoms with van der Waals surface area (Å²) in [5.74, 6) is 0. The van der Waals surface area contributed by atoms with E-state index in [9.17, 15) is 0 Å². The molecule has 2 atom stereocenters. The lowest BCUT2D eigenvalue weighted by molar-refractivity contribution is -0.113. The van der Waals surface area contributed by atoms with Crippen molar-refractivity contribution < 1.29 is 4.74 Å². The zero-order chi connectivity index (χ0) is 13.0. The molecule has 2 rings (SSSR count). The van der Waals surface area contributed by atoms with Gasteiger partial charge >= 0.3 is 0 Å².